The molecule has 6 heteroatoms. The van der Waals surface area contributed by atoms with E-state index in [1.54, 1.807) is 0 Å². The van der Waals surface area contributed by atoms with Crippen molar-refractivity contribution in [3.05, 3.63) is 12.2 Å². The Bertz CT molecular complexity index is 1080. The maximum atomic E-state index is 12.5. The molecule has 0 bridgehead atoms. The number of nitrogens with one attached hydrogen (secondary N) is 1. The van der Waals surface area contributed by atoms with Crippen molar-refractivity contribution in [2.24, 2.45) is 0 Å². The molecule has 3 N–H and O–H groups in total. The highest BCUT2D eigenvalue weighted by Gasteiger charge is 2.20. The van der Waals surface area contributed by atoms with Gasteiger partial charge in [0.2, 0.25) is 5.91 Å². The Morgan fingerprint density at radius 3 is 0.986 bits per heavy atom. The van der Waals surface area contributed by atoms with Crippen molar-refractivity contribution >= 4 is 11.9 Å². The van der Waals surface area contributed by atoms with Gasteiger partial charge in [0.25, 0.3) is 0 Å². The summed E-state index contributed by atoms with van der Waals surface area (Å²) in [6.45, 7) is 4.98. The van der Waals surface area contributed by atoms with Crippen molar-refractivity contribution in [2.45, 2.75) is 386 Å². The van der Waals surface area contributed by atoms with Crippen molar-refractivity contribution < 1.29 is 24.5 Å². The van der Waals surface area contributed by atoms with Crippen molar-refractivity contribution in [2.75, 3.05) is 13.2 Å². The first-order valence-electron chi connectivity index (χ1n) is 32.9. The summed E-state index contributed by atoms with van der Waals surface area (Å²) in [5.41, 5.74) is 0. The van der Waals surface area contributed by atoms with Gasteiger partial charge in [0.15, 0.2) is 0 Å². The second kappa shape index (κ2) is 62.1. The van der Waals surface area contributed by atoms with Crippen LogP contribution in [-0.2, 0) is 14.3 Å². The first-order valence-corrected chi connectivity index (χ1v) is 32.9. The topological polar surface area (TPSA) is 95.9 Å². The lowest BCUT2D eigenvalue weighted by Crippen LogP contribution is -2.45. The number of hydrogen-bond acceptors (Lipinski definition) is 5. The average Bonchev–Trinajstić information content (AvgIpc) is 3.38. The van der Waals surface area contributed by atoms with Crippen LogP contribution in [0.2, 0.25) is 0 Å². The first-order chi connectivity index (χ1) is 35.5. The molecule has 0 rings (SSSR count). The number of rotatable bonds is 62. The predicted molar refractivity (Wildman–Crippen MR) is 315 cm³/mol. The van der Waals surface area contributed by atoms with E-state index in [9.17, 15) is 19.8 Å². The van der Waals surface area contributed by atoms with Crippen LogP contribution in [0.4, 0.5) is 0 Å². The summed E-state index contributed by atoms with van der Waals surface area (Å²) in [4.78, 5) is 24.6. The van der Waals surface area contributed by atoms with Gasteiger partial charge in [-0.25, -0.2) is 0 Å². The van der Waals surface area contributed by atoms with E-state index < -0.39 is 12.1 Å². The standard InChI is InChI=1S/C66H129NO5/c1-3-5-7-9-11-13-15-17-18-19-20-21-22-25-28-31-35-38-42-46-50-54-58-64(69)63(62-68)67-65(70)59-55-51-47-43-39-36-32-29-26-23-24-27-30-33-37-41-45-49-53-57-61-72-66(71)60-56-52-48-44-40-34-16-14-12-10-8-6-4-2/h23,26,63-64,68-69H,3-22,24-25,27-62H2,1-2H3,(H,67,70)/b26-23-. The summed E-state index contributed by atoms with van der Waals surface area (Å²) >= 11 is 0. The molecule has 0 radical (unpaired) electrons. The number of hydrogen-bond donors (Lipinski definition) is 3. The third-order valence-electron chi connectivity index (χ3n) is 15.6. The molecule has 2 unspecified atom stereocenters. The Balaban J connectivity index is 3.42. The molecular formula is C66H129NO5. The van der Waals surface area contributed by atoms with E-state index in [0.717, 1.165) is 38.5 Å². The fourth-order valence-corrected chi connectivity index (χ4v) is 10.5. The number of carbonyl (C=O) groups is 2. The molecule has 0 heterocycles. The molecule has 72 heavy (non-hydrogen) atoms. The quantitative estimate of drug-likeness (QED) is 0.0320. The lowest BCUT2D eigenvalue weighted by atomic mass is 10.0. The number of allylic oxidation sites excluding steroid dienone is 2. The molecule has 0 saturated heterocycles. The molecule has 2 atom stereocenters. The average molecular weight is 1020 g/mol. The van der Waals surface area contributed by atoms with Crippen LogP contribution in [0, 0.1) is 0 Å². The lowest BCUT2D eigenvalue weighted by Gasteiger charge is -2.22. The molecule has 0 fully saturated rings. The SMILES string of the molecule is CCCCCCCCCCCCCCCCCCCCCCCCC(O)C(CO)NC(=O)CCCCCCCCC/C=C\CCCCCCCCCCCOC(=O)CCCCCCCCCCCCCCC. The van der Waals surface area contributed by atoms with Crippen molar-refractivity contribution in [3.63, 3.8) is 0 Å². The van der Waals surface area contributed by atoms with Gasteiger partial charge in [0, 0.05) is 12.8 Å². The molecule has 0 saturated carbocycles. The van der Waals surface area contributed by atoms with Gasteiger partial charge in [-0.15, -0.1) is 0 Å². The van der Waals surface area contributed by atoms with E-state index in [1.165, 1.54) is 302 Å². The minimum absolute atomic E-state index is 0.00884. The van der Waals surface area contributed by atoms with Crippen LogP contribution in [0.25, 0.3) is 0 Å². The van der Waals surface area contributed by atoms with E-state index in [2.05, 4.69) is 31.3 Å². The van der Waals surface area contributed by atoms with Crippen LogP contribution < -0.4 is 5.32 Å². The summed E-state index contributed by atoms with van der Waals surface area (Å²) in [6.07, 6.45) is 75.2. The van der Waals surface area contributed by atoms with Gasteiger partial charge in [-0.2, -0.15) is 0 Å². The summed E-state index contributed by atoms with van der Waals surface area (Å²) in [5, 5.41) is 23.4. The smallest absolute Gasteiger partial charge is 0.305 e. The minimum Gasteiger partial charge on any atom is -0.466 e. The van der Waals surface area contributed by atoms with E-state index in [1.807, 2.05) is 0 Å². The molecule has 0 aliphatic carbocycles. The predicted octanol–water partition coefficient (Wildman–Crippen LogP) is 20.8. The molecular weight excluding hydrogens is 887 g/mol. The van der Waals surface area contributed by atoms with Gasteiger partial charge in [-0.05, 0) is 51.4 Å². The molecule has 0 aromatic heterocycles. The monoisotopic (exact) mass is 1020 g/mol. The fourth-order valence-electron chi connectivity index (χ4n) is 10.5. The summed E-state index contributed by atoms with van der Waals surface area (Å²) in [7, 11) is 0. The number of aliphatic hydroxyl groups is 2. The van der Waals surface area contributed by atoms with Crippen LogP contribution in [-0.4, -0.2) is 47.4 Å². The van der Waals surface area contributed by atoms with Crippen LogP contribution in [0.1, 0.15) is 373 Å². The van der Waals surface area contributed by atoms with E-state index in [4.69, 9.17) is 4.74 Å². The Labute approximate surface area is 450 Å². The highest BCUT2D eigenvalue weighted by molar-refractivity contribution is 5.76. The Morgan fingerprint density at radius 2 is 0.653 bits per heavy atom. The number of ether oxygens (including phenoxy) is 1. The normalized spacial score (nSPS) is 12.6. The van der Waals surface area contributed by atoms with Gasteiger partial charge >= 0.3 is 5.97 Å². The van der Waals surface area contributed by atoms with Crippen molar-refractivity contribution in [3.8, 4) is 0 Å². The van der Waals surface area contributed by atoms with E-state index in [0.29, 0.717) is 25.9 Å². The van der Waals surface area contributed by atoms with E-state index in [-0.39, 0.29) is 18.5 Å². The van der Waals surface area contributed by atoms with Gasteiger partial charge in [0.1, 0.15) is 0 Å². The third-order valence-corrected chi connectivity index (χ3v) is 15.6. The van der Waals surface area contributed by atoms with Gasteiger partial charge in [-0.3, -0.25) is 9.59 Å². The van der Waals surface area contributed by atoms with Crippen LogP contribution in [0.15, 0.2) is 12.2 Å². The number of unbranched alkanes of at least 4 members (excludes halogenated alkanes) is 49. The van der Waals surface area contributed by atoms with E-state index >= 15 is 0 Å². The van der Waals surface area contributed by atoms with Gasteiger partial charge in [0.05, 0.1) is 25.4 Å². The molecule has 0 aliphatic heterocycles. The number of aliphatic hydroxyl groups excluding tert-OH is 2. The number of carbonyl (C=O) groups excluding carboxylic acids is 2. The molecule has 0 aromatic rings. The number of esters is 1. The lowest BCUT2D eigenvalue weighted by molar-refractivity contribution is -0.143. The Kier molecular flexibility index (Phi) is 60.9. The summed E-state index contributed by atoms with van der Waals surface area (Å²) in [6, 6.07) is -0.548. The van der Waals surface area contributed by atoms with Crippen LogP contribution >= 0.6 is 0 Å². The zero-order valence-corrected chi connectivity index (χ0v) is 48.9. The van der Waals surface area contributed by atoms with Gasteiger partial charge < -0.3 is 20.3 Å². The second-order valence-electron chi connectivity index (χ2n) is 22.8. The summed E-state index contributed by atoms with van der Waals surface area (Å²) < 4.78 is 5.48. The fraction of sp³-hybridized carbons (Fsp3) is 0.939. The molecule has 0 spiro atoms. The third kappa shape index (κ3) is 57.9. The zero-order chi connectivity index (χ0) is 52.2. The molecule has 6 nitrogen and oxygen atoms in total. The van der Waals surface area contributed by atoms with Crippen molar-refractivity contribution in [1.29, 1.82) is 0 Å². The number of amides is 1. The second-order valence-corrected chi connectivity index (χ2v) is 22.8. The maximum absolute atomic E-state index is 12.5. The molecule has 0 aliphatic rings. The van der Waals surface area contributed by atoms with Crippen molar-refractivity contribution in [1.82, 2.24) is 5.32 Å². The zero-order valence-electron chi connectivity index (χ0n) is 48.9. The minimum atomic E-state index is -0.670. The molecule has 0 aromatic carbocycles. The van der Waals surface area contributed by atoms with Crippen LogP contribution in [0.3, 0.4) is 0 Å². The van der Waals surface area contributed by atoms with Gasteiger partial charge in [-0.1, -0.05) is 321 Å². The maximum Gasteiger partial charge on any atom is 0.305 e. The first kappa shape index (κ1) is 70.6. The molecule has 428 valence electrons. The Hall–Kier alpha value is -1.40. The Morgan fingerprint density at radius 1 is 0.375 bits per heavy atom. The summed E-state index contributed by atoms with van der Waals surface area (Å²) in [5.74, 6) is -0.0303. The largest absolute Gasteiger partial charge is 0.466 e. The highest BCUT2D eigenvalue weighted by atomic mass is 16.5. The highest BCUT2D eigenvalue weighted by Crippen LogP contribution is 2.18. The molecule has 1 amide bonds. The van der Waals surface area contributed by atoms with Crippen LogP contribution in [0.5, 0.6) is 0 Å².